The van der Waals surface area contributed by atoms with Gasteiger partial charge in [0.2, 0.25) is 0 Å². The Kier molecular flexibility index (Phi) is 4.87. The van der Waals surface area contributed by atoms with Crippen molar-refractivity contribution in [2.75, 3.05) is 19.8 Å². The van der Waals surface area contributed by atoms with Crippen LogP contribution >= 0.6 is 0 Å². The van der Waals surface area contributed by atoms with Crippen LogP contribution in [0.25, 0.3) is 11.0 Å². The molecule has 122 valence electrons. The molecule has 7 nitrogen and oxygen atoms in total. The van der Waals surface area contributed by atoms with Gasteiger partial charge in [0, 0.05) is 13.2 Å². The molecule has 1 aromatic heterocycles. The summed E-state index contributed by atoms with van der Waals surface area (Å²) in [6.07, 6.45) is 3.64. The third-order valence-corrected chi connectivity index (χ3v) is 3.74. The number of hydrogen-bond donors (Lipinski definition) is 1. The summed E-state index contributed by atoms with van der Waals surface area (Å²) in [4.78, 5) is 27.7. The standard InChI is InChI=1S/C16H19N3O4/c20-15(17-8-12-4-3-7-22-12)10-23-16(21)9-19-11-18-13-5-1-2-6-14(13)19/h1-2,5-6,11-12H,3-4,7-10H2,(H,17,20)/t12-/m1/s1. The number of nitrogens with zero attached hydrogens (tertiary/aromatic N) is 2. The van der Waals surface area contributed by atoms with Crippen molar-refractivity contribution in [3.63, 3.8) is 0 Å². The minimum Gasteiger partial charge on any atom is -0.454 e. The number of carbonyl (C=O) groups is 2. The number of ether oxygens (including phenoxy) is 2. The Morgan fingerprint density at radius 3 is 3.09 bits per heavy atom. The second-order valence-electron chi connectivity index (χ2n) is 5.46. The van der Waals surface area contributed by atoms with Crippen LogP contribution in [0, 0.1) is 0 Å². The first-order valence-electron chi connectivity index (χ1n) is 7.66. The molecule has 3 rings (SSSR count). The first-order valence-corrected chi connectivity index (χ1v) is 7.66. The summed E-state index contributed by atoms with van der Waals surface area (Å²) in [6, 6.07) is 7.51. The fraction of sp³-hybridized carbons (Fsp3) is 0.438. The van der Waals surface area contributed by atoms with Gasteiger partial charge < -0.3 is 19.4 Å². The molecule has 0 unspecified atom stereocenters. The lowest BCUT2D eigenvalue weighted by Gasteiger charge is -2.11. The molecule has 0 bridgehead atoms. The summed E-state index contributed by atoms with van der Waals surface area (Å²) >= 11 is 0. The molecule has 1 aliphatic heterocycles. The van der Waals surface area contributed by atoms with Gasteiger partial charge in [-0.25, -0.2) is 4.98 Å². The SMILES string of the molecule is O=C(COC(=O)Cn1cnc2ccccc21)NC[C@H]1CCCO1. The molecule has 1 aromatic carbocycles. The molecule has 0 saturated carbocycles. The number of esters is 1. The van der Waals surface area contributed by atoms with Crippen LogP contribution in [0.3, 0.4) is 0 Å². The van der Waals surface area contributed by atoms with E-state index in [-0.39, 0.29) is 25.2 Å². The average molecular weight is 317 g/mol. The molecule has 23 heavy (non-hydrogen) atoms. The molecule has 1 atom stereocenters. The maximum absolute atomic E-state index is 11.8. The Morgan fingerprint density at radius 1 is 1.39 bits per heavy atom. The van der Waals surface area contributed by atoms with Crippen LogP contribution in [0.4, 0.5) is 0 Å². The predicted octanol–water partition coefficient (Wildman–Crippen LogP) is 0.875. The molecule has 0 aliphatic carbocycles. The van der Waals surface area contributed by atoms with Crippen LogP contribution in [-0.4, -0.2) is 47.3 Å². The number of carbonyl (C=O) groups excluding carboxylic acids is 2. The zero-order chi connectivity index (χ0) is 16.1. The molecule has 1 fully saturated rings. The van der Waals surface area contributed by atoms with E-state index in [9.17, 15) is 9.59 Å². The third kappa shape index (κ3) is 4.07. The largest absolute Gasteiger partial charge is 0.454 e. The Morgan fingerprint density at radius 2 is 2.26 bits per heavy atom. The number of amides is 1. The minimum absolute atomic E-state index is 0.0273. The van der Waals surface area contributed by atoms with Crippen LogP contribution in [0.15, 0.2) is 30.6 Å². The topological polar surface area (TPSA) is 82.5 Å². The van der Waals surface area contributed by atoms with Crippen molar-refractivity contribution < 1.29 is 19.1 Å². The molecular formula is C16H19N3O4. The van der Waals surface area contributed by atoms with Crippen LogP contribution in [0.2, 0.25) is 0 Å². The number of aromatic nitrogens is 2. The highest BCUT2D eigenvalue weighted by Crippen LogP contribution is 2.12. The van der Waals surface area contributed by atoms with Gasteiger partial charge in [-0.15, -0.1) is 0 Å². The number of benzene rings is 1. The summed E-state index contributed by atoms with van der Waals surface area (Å²) in [7, 11) is 0. The lowest BCUT2D eigenvalue weighted by Crippen LogP contribution is -2.35. The number of para-hydroxylation sites is 2. The first kappa shape index (κ1) is 15.5. The molecule has 1 saturated heterocycles. The molecule has 1 N–H and O–H groups in total. The highest BCUT2D eigenvalue weighted by Gasteiger charge is 2.16. The van der Waals surface area contributed by atoms with E-state index in [2.05, 4.69) is 10.3 Å². The number of hydrogen-bond acceptors (Lipinski definition) is 5. The van der Waals surface area contributed by atoms with Gasteiger partial charge in [-0.2, -0.15) is 0 Å². The molecule has 0 spiro atoms. The van der Waals surface area contributed by atoms with Crippen molar-refractivity contribution in [3.8, 4) is 0 Å². The van der Waals surface area contributed by atoms with Gasteiger partial charge in [-0.3, -0.25) is 9.59 Å². The van der Waals surface area contributed by atoms with Crippen LogP contribution < -0.4 is 5.32 Å². The van der Waals surface area contributed by atoms with Gasteiger partial charge >= 0.3 is 5.97 Å². The molecule has 1 amide bonds. The van der Waals surface area contributed by atoms with E-state index in [1.807, 2.05) is 24.3 Å². The molecule has 2 heterocycles. The summed E-state index contributed by atoms with van der Waals surface area (Å²) < 4.78 is 12.1. The fourth-order valence-corrected chi connectivity index (χ4v) is 2.55. The van der Waals surface area contributed by atoms with Gasteiger partial charge in [0.1, 0.15) is 6.54 Å². The van der Waals surface area contributed by atoms with Gasteiger partial charge in [0.15, 0.2) is 6.61 Å². The quantitative estimate of drug-likeness (QED) is 0.800. The van der Waals surface area contributed by atoms with E-state index in [0.717, 1.165) is 30.5 Å². The monoisotopic (exact) mass is 317 g/mol. The second-order valence-corrected chi connectivity index (χ2v) is 5.46. The van der Waals surface area contributed by atoms with Crippen molar-refractivity contribution >= 4 is 22.9 Å². The maximum atomic E-state index is 11.8. The molecule has 0 radical (unpaired) electrons. The first-order chi connectivity index (χ1) is 11.2. The van der Waals surface area contributed by atoms with E-state index in [4.69, 9.17) is 9.47 Å². The Balaban J connectivity index is 1.43. The van der Waals surface area contributed by atoms with Crippen molar-refractivity contribution in [1.82, 2.24) is 14.9 Å². The number of nitrogens with one attached hydrogen (secondary N) is 1. The lowest BCUT2D eigenvalue weighted by molar-refractivity contribution is -0.149. The van der Waals surface area contributed by atoms with E-state index < -0.39 is 5.97 Å². The van der Waals surface area contributed by atoms with Gasteiger partial charge in [0.05, 0.1) is 23.5 Å². The second kappa shape index (κ2) is 7.23. The summed E-state index contributed by atoms with van der Waals surface area (Å²) in [6.45, 7) is 0.953. The van der Waals surface area contributed by atoms with Crippen molar-refractivity contribution in [2.24, 2.45) is 0 Å². The number of fused-ring (bicyclic) bond motifs is 1. The average Bonchev–Trinajstić information content (AvgIpc) is 3.21. The smallest absolute Gasteiger partial charge is 0.326 e. The highest BCUT2D eigenvalue weighted by molar-refractivity contribution is 5.81. The summed E-state index contributed by atoms with van der Waals surface area (Å²) in [5, 5.41) is 2.71. The number of imidazole rings is 1. The van der Waals surface area contributed by atoms with Crippen molar-refractivity contribution in [1.29, 1.82) is 0 Å². The van der Waals surface area contributed by atoms with E-state index in [1.165, 1.54) is 0 Å². The predicted molar refractivity (Wildman–Crippen MR) is 82.7 cm³/mol. The Bertz CT molecular complexity index is 691. The summed E-state index contributed by atoms with van der Waals surface area (Å²) in [5.41, 5.74) is 1.67. The van der Waals surface area contributed by atoms with Crippen molar-refractivity contribution in [2.45, 2.75) is 25.5 Å². The normalized spacial score (nSPS) is 17.3. The lowest BCUT2D eigenvalue weighted by atomic mass is 10.2. The zero-order valence-corrected chi connectivity index (χ0v) is 12.7. The molecule has 1 aliphatic rings. The van der Waals surface area contributed by atoms with E-state index in [0.29, 0.717) is 6.54 Å². The van der Waals surface area contributed by atoms with Crippen LogP contribution in [-0.2, 0) is 25.6 Å². The van der Waals surface area contributed by atoms with Gasteiger partial charge in [-0.1, -0.05) is 12.1 Å². The van der Waals surface area contributed by atoms with Gasteiger partial charge in [-0.05, 0) is 25.0 Å². The van der Waals surface area contributed by atoms with Crippen molar-refractivity contribution in [3.05, 3.63) is 30.6 Å². The molecule has 2 aromatic rings. The third-order valence-electron chi connectivity index (χ3n) is 3.74. The van der Waals surface area contributed by atoms with Crippen LogP contribution in [0.5, 0.6) is 0 Å². The highest BCUT2D eigenvalue weighted by atomic mass is 16.5. The van der Waals surface area contributed by atoms with Crippen LogP contribution in [0.1, 0.15) is 12.8 Å². The maximum Gasteiger partial charge on any atom is 0.326 e. The van der Waals surface area contributed by atoms with E-state index in [1.54, 1.807) is 10.9 Å². The Labute approximate surface area is 133 Å². The van der Waals surface area contributed by atoms with E-state index >= 15 is 0 Å². The molecule has 7 heteroatoms. The molecular weight excluding hydrogens is 298 g/mol. The fourth-order valence-electron chi connectivity index (χ4n) is 2.55. The van der Waals surface area contributed by atoms with Gasteiger partial charge in [0.25, 0.3) is 5.91 Å². The minimum atomic E-state index is -0.472. The number of rotatable bonds is 6. The summed E-state index contributed by atoms with van der Waals surface area (Å²) in [5.74, 6) is -0.787. The zero-order valence-electron chi connectivity index (χ0n) is 12.7. The Hall–Kier alpha value is -2.41.